The van der Waals surface area contributed by atoms with Crippen molar-refractivity contribution < 1.29 is 22.8 Å². The molecule has 2 rings (SSSR count). The second kappa shape index (κ2) is 9.11. The molecule has 4 nitrogen and oxygen atoms in total. The number of benzene rings is 2. The van der Waals surface area contributed by atoms with E-state index in [-0.39, 0.29) is 11.8 Å². The Labute approximate surface area is 168 Å². The first-order chi connectivity index (χ1) is 13.5. The molecule has 2 aromatic rings. The van der Waals surface area contributed by atoms with Crippen molar-refractivity contribution in [2.45, 2.75) is 46.0 Å². The SMILES string of the molecule is Cc1ccc(C(=O)NC(C(=O)NC(C)c2cccc(C(F)(F)F)c2)C(C)C)cc1. The molecule has 2 N–H and O–H groups in total. The summed E-state index contributed by atoms with van der Waals surface area (Å²) in [6.45, 7) is 7.08. The number of rotatable bonds is 6. The van der Waals surface area contributed by atoms with E-state index in [1.54, 1.807) is 45.0 Å². The molecular weight excluding hydrogens is 381 g/mol. The van der Waals surface area contributed by atoms with Gasteiger partial charge in [-0.15, -0.1) is 0 Å². The largest absolute Gasteiger partial charge is 0.416 e. The van der Waals surface area contributed by atoms with Gasteiger partial charge in [-0.05, 0) is 49.6 Å². The first kappa shape index (κ1) is 22.5. The van der Waals surface area contributed by atoms with Crippen molar-refractivity contribution in [2.75, 3.05) is 0 Å². The van der Waals surface area contributed by atoms with E-state index in [0.29, 0.717) is 11.1 Å². The van der Waals surface area contributed by atoms with Gasteiger partial charge in [0.1, 0.15) is 6.04 Å². The van der Waals surface area contributed by atoms with E-state index < -0.39 is 29.7 Å². The standard InChI is InChI=1S/C22H25F3N2O2/c1-13(2)19(27-20(28)16-10-8-14(3)9-11-16)21(29)26-15(4)17-6-5-7-18(12-17)22(23,24)25/h5-13,15,19H,1-4H3,(H,26,29)(H,27,28). The topological polar surface area (TPSA) is 58.2 Å². The van der Waals surface area contributed by atoms with Crippen LogP contribution in [0.2, 0.25) is 0 Å². The van der Waals surface area contributed by atoms with Gasteiger partial charge in [0, 0.05) is 5.56 Å². The van der Waals surface area contributed by atoms with Crippen LogP contribution in [-0.2, 0) is 11.0 Å². The van der Waals surface area contributed by atoms with Crippen molar-refractivity contribution in [3.05, 3.63) is 70.8 Å². The van der Waals surface area contributed by atoms with Crippen LogP contribution in [0, 0.1) is 12.8 Å². The van der Waals surface area contributed by atoms with Crippen LogP contribution in [0.25, 0.3) is 0 Å². The van der Waals surface area contributed by atoms with Gasteiger partial charge in [0.2, 0.25) is 5.91 Å². The summed E-state index contributed by atoms with van der Waals surface area (Å²) >= 11 is 0. The molecule has 0 heterocycles. The van der Waals surface area contributed by atoms with Crippen molar-refractivity contribution >= 4 is 11.8 Å². The van der Waals surface area contributed by atoms with Crippen LogP contribution in [-0.4, -0.2) is 17.9 Å². The Morgan fingerprint density at radius 3 is 2.10 bits per heavy atom. The third-order valence-electron chi connectivity index (χ3n) is 4.62. The van der Waals surface area contributed by atoms with E-state index in [1.165, 1.54) is 12.1 Å². The third-order valence-corrected chi connectivity index (χ3v) is 4.62. The second-order valence-electron chi connectivity index (χ2n) is 7.41. The molecule has 0 spiro atoms. The lowest BCUT2D eigenvalue weighted by Crippen LogP contribution is -2.50. The minimum absolute atomic E-state index is 0.210. The van der Waals surface area contributed by atoms with Gasteiger partial charge < -0.3 is 10.6 Å². The number of nitrogens with one attached hydrogen (secondary N) is 2. The first-order valence-electron chi connectivity index (χ1n) is 9.34. The molecule has 0 bridgehead atoms. The molecule has 0 aliphatic rings. The maximum atomic E-state index is 12.9. The Hall–Kier alpha value is -2.83. The normalized spacial score (nSPS) is 13.7. The van der Waals surface area contributed by atoms with Gasteiger partial charge in [-0.2, -0.15) is 13.2 Å². The number of carbonyl (C=O) groups excluding carboxylic acids is 2. The van der Waals surface area contributed by atoms with Crippen molar-refractivity contribution in [1.82, 2.24) is 10.6 Å². The highest BCUT2D eigenvalue weighted by Gasteiger charge is 2.31. The van der Waals surface area contributed by atoms with E-state index in [9.17, 15) is 22.8 Å². The van der Waals surface area contributed by atoms with Crippen LogP contribution in [0.5, 0.6) is 0 Å². The molecule has 2 amide bonds. The number of carbonyl (C=O) groups is 2. The van der Waals surface area contributed by atoms with Crippen molar-refractivity contribution in [1.29, 1.82) is 0 Å². The molecule has 0 radical (unpaired) electrons. The van der Waals surface area contributed by atoms with Crippen LogP contribution < -0.4 is 10.6 Å². The molecule has 2 aromatic carbocycles. The monoisotopic (exact) mass is 406 g/mol. The number of alkyl halides is 3. The molecule has 0 saturated carbocycles. The van der Waals surface area contributed by atoms with Crippen LogP contribution in [0.3, 0.4) is 0 Å². The lowest BCUT2D eigenvalue weighted by Gasteiger charge is -2.24. The summed E-state index contributed by atoms with van der Waals surface area (Å²) in [6.07, 6.45) is -4.46. The Morgan fingerprint density at radius 1 is 0.931 bits per heavy atom. The van der Waals surface area contributed by atoms with E-state index in [4.69, 9.17) is 0 Å². The predicted octanol–water partition coefficient (Wildman–Crippen LogP) is 4.65. The third kappa shape index (κ3) is 6.07. The smallest absolute Gasteiger partial charge is 0.348 e. The van der Waals surface area contributed by atoms with Gasteiger partial charge in [-0.1, -0.05) is 43.7 Å². The van der Waals surface area contributed by atoms with E-state index in [2.05, 4.69) is 10.6 Å². The highest BCUT2D eigenvalue weighted by Crippen LogP contribution is 2.30. The van der Waals surface area contributed by atoms with Crippen molar-refractivity contribution in [3.63, 3.8) is 0 Å². The van der Waals surface area contributed by atoms with Gasteiger partial charge in [-0.3, -0.25) is 9.59 Å². The molecule has 7 heteroatoms. The number of amides is 2. The summed E-state index contributed by atoms with van der Waals surface area (Å²) in [7, 11) is 0. The highest BCUT2D eigenvalue weighted by molar-refractivity contribution is 5.97. The average Bonchev–Trinajstić information content (AvgIpc) is 2.65. The van der Waals surface area contributed by atoms with Gasteiger partial charge in [0.15, 0.2) is 0 Å². The predicted molar refractivity (Wildman–Crippen MR) is 105 cm³/mol. The van der Waals surface area contributed by atoms with E-state index >= 15 is 0 Å². The zero-order valence-corrected chi connectivity index (χ0v) is 16.8. The summed E-state index contributed by atoms with van der Waals surface area (Å²) in [6, 6.07) is 10.3. The second-order valence-corrected chi connectivity index (χ2v) is 7.41. The van der Waals surface area contributed by atoms with Crippen LogP contribution in [0.15, 0.2) is 48.5 Å². The zero-order valence-electron chi connectivity index (χ0n) is 16.8. The van der Waals surface area contributed by atoms with E-state index in [1.807, 2.05) is 6.92 Å². The van der Waals surface area contributed by atoms with Gasteiger partial charge in [0.25, 0.3) is 5.91 Å². The zero-order chi connectivity index (χ0) is 21.8. The van der Waals surface area contributed by atoms with Crippen molar-refractivity contribution in [2.24, 2.45) is 5.92 Å². The molecule has 0 aliphatic heterocycles. The Kier molecular flexibility index (Phi) is 7.06. The highest BCUT2D eigenvalue weighted by atomic mass is 19.4. The number of halogens is 3. The number of aryl methyl sites for hydroxylation is 1. The fraction of sp³-hybridized carbons (Fsp3) is 0.364. The average molecular weight is 406 g/mol. The summed E-state index contributed by atoms with van der Waals surface area (Å²) in [5, 5.41) is 5.41. The quantitative estimate of drug-likeness (QED) is 0.734. The van der Waals surface area contributed by atoms with Gasteiger partial charge in [0.05, 0.1) is 11.6 Å². The number of hydrogen-bond donors (Lipinski definition) is 2. The molecule has 0 aromatic heterocycles. The van der Waals surface area contributed by atoms with Gasteiger partial charge >= 0.3 is 6.18 Å². The lowest BCUT2D eigenvalue weighted by atomic mass is 10.0. The van der Waals surface area contributed by atoms with Crippen LogP contribution in [0.1, 0.15) is 53.9 Å². The number of hydrogen-bond acceptors (Lipinski definition) is 2. The fourth-order valence-electron chi connectivity index (χ4n) is 2.84. The van der Waals surface area contributed by atoms with Crippen LogP contribution in [0.4, 0.5) is 13.2 Å². The maximum Gasteiger partial charge on any atom is 0.416 e. The Balaban J connectivity index is 2.11. The Morgan fingerprint density at radius 2 is 1.55 bits per heavy atom. The molecule has 2 atom stereocenters. The Bertz CT molecular complexity index is 861. The molecule has 29 heavy (non-hydrogen) atoms. The maximum absolute atomic E-state index is 12.9. The van der Waals surface area contributed by atoms with Crippen molar-refractivity contribution in [3.8, 4) is 0 Å². The molecule has 0 aliphatic carbocycles. The van der Waals surface area contributed by atoms with Crippen LogP contribution >= 0.6 is 0 Å². The molecular formula is C22H25F3N2O2. The summed E-state index contributed by atoms with van der Waals surface area (Å²) in [5.74, 6) is -1.05. The van der Waals surface area contributed by atoms with E-state index in [0.717, 1.165) is 17.7 Å². The summed E-state index contributed by atoms with van der Waals surface area (Å²) in [4.78, 5) is 25.2. The molecule has 0 saturated heterocycles. The summed E-state index contributed by atoms with van der Waals surface area (Å²) < 4.78 is 38.8. The minimum Gasteiger partial charge on any atom is -0.348 e. The molecule has 156 valence electrons. The first-order valence-corrected chi connectivity index (χ1v) is 9.34. The fourth-order valence-corrected chi connectivity index (χ4v) is 2.84. The molecule has 2 unspecified atom stereocenters. The minimum atomic E-state index is -4.46. The molecule has 0 fully saturated rings. The van der Waals surface area contributed by atoms with Gasteiger partial charge in [-0.25, -0.2) is 0 Å². The lowest BCUT2D eigenvalue weighted by molar-refractivity contribution is -0.137. The summed E-state index contributed by atoms with van der Waals surface area (Å²) in [5.41, 5.74) is 0.999.